The second kappa shape index (κ2) is 4.04. The van der Waals surface area contributed by atoms with Crippen LogP contribution < -0.4 is 10.6 Å². The minimum Gasteiger partial charge on any atom is -0.390 e. The Morgan fingerprint density at radius 1 is 1.45 bits per heavy atom. The molecule has 1 aliphatic rings. The van der Waals surface area contributed by atoms with E-state index in [9.17, 15) is 5.11 Å². The summed E-state index contributed by atoms with van der Waals surface area (Å²) in [6.07, 6.45) is 2.68. The van der Waals surface area contributed by atoms with E-state index in [1.54, 1.807) is 0 Å². The van der Waals surface area contributed by atoms with Crippen LogP contribution in [0.15, 0.2) is 0 Å². The van der Waals surface area contributed by atoms with Gasteiger partial charge >= 0.3 is 0 Å². The van der Waals surface area contributed by atoms with Gasteiger partial charge in [0.25, 0.3) is 0 Å². The monoisotopic (exact) mass is 158 g/mol. The fourth-order valence-electron chi connectivity index (χ4n) is 1.50. The maximum Gasteiger partial charge on any atom is 0.0684 e. The molecule has 0 amide bonds. The molecule has 0 atom stereocenters. The number of aliphatic hydroxyl groups is 1. The van der Waals surface area contributed by atoms with E-state index < -0.39 is 5.60 Å². The fourth-order valence-corrected chi connectivity index (χ4v) is 1.50. The third kappa shape index (κ3) is 2.77. The molecule has 1 fully saturated rings. The molecule has 1 rings (SSSR count). The van der Waals surface area contributed by atoms with Crippen molar-refractivity contribution in [2.24, 2.45) is 0 Å². The molecule has 0 radical (unpaired) electrons. The Hall–Kier alpha value is -0.120. The van der Waals surface area contributed by atoms with E-state index in [1.165, 1.54) is 0 Å². The lowest BCUT2D eigenvalue weighted by Gasteiger charge is -2.32. The third-order valence-corrected chi connectivity index (χ3v) is 2.37. The van der Waals surface area contributed by atoms with Gasteiger partial charge in [0.15, 0.2) is 0 Å². The standard InChI is InChI=1S/C8H18N2O/c1-9-5-2-8(11)3-6-10-7-4-8/h9-11H,2-7H2,1H3. The molecule has 1 saturated heterocycles. The summed E-state index contributed by atoms with van der Waals surface area (Å²) in [5.74, 6) is 0. The average molecular weight is 158 g/mol. The first-order valence-electron chi connectivity index (χ1n) is 4.34. The normalized spacial score (nSPS) is 23.5. The molecule has 66 valence electrons. The Morgan fingerprint density at radius 3 is 2.64 bits per heavy atom. The predicted molar refractivity (Wildman–Crippen MR) is 45.6 cm³/mol. The first-order valence-corrected chi connectivity index (χ1v) is 4.34. The second-order valence-corrected chi connectivity index (χ2v) is 3.33. The molecule has 3 N–H and O–H groups in total. The first kappa shape index (κ1) is 8.97. The van der Waals surface area contributed by atoms with Gasteiger partial charge in [-0.25, -0.2) is 0 Å². The van der Waals surface area contributed by atoms with Gasteiger partial charge in [-0.1, -0.05) is 0 Å². The van der Waals surface area contributed by atoms with E-state index in [-0.39, 0.29) is 0 Å². The van der Waals surface area contributed by atoms with Crippen LogP contribution in [0.1, 0.15) is 19.3 Å². The average Bonchev–Trinajstić information content (AvgIpc) is 2.03. The van der Waals surface area contributed by atoms with Crippen molar-refractivity contribution in [3.8, 4) is 0 Å². The molecule has 0 aromatic rings. The van der Waals surface area contributed by atoms with Crippen molar-refractivity contribution in [3.05, 3.63) is 0 Å². The van der Waals surface area contributed by atoms with Crippen molar-refractivity contribution in [2.75, 3.05) is 26.7 Å². The van der Waals surface area contributed by atoms with E-state index in [4.69, 9.17) is 0 Å². The van der Waals surface area contributed by atoms with Crippen LogP contribution in [-0.2, 0) is 0 Å². The van der Waals surface area contributed by atoms with Crippen LogP contribution >= 0.6 is 0 Å². The third-order valence-electron chi connectivity index (χ3n) is 2.37. The Labute approximate surface area is 68.2 Å². The molecule has 1 heterocycles. The van der Waals surface area contributed by atoms with Crippen molar-refractivity contribution in [3.63, 3.8) is 0 Å². The lowest BCUT2D eigenvalue weighted by atomic mass is 9.89. The zero-order chi connectivity index (χ0) is 8.16. The van der Waals surface area contributed by atoms with Gasteiger partial charge in [0.2, 0.25) is 0 Å². The molecular weight excluding hydrogens is 140 g/mol. The summed E-state index contributed by atoms with van der Waals surface area (Å²) >= 11 is 0. The van der Waals surface area contributed by atoms with Gasteiger partial charge in [-0.05, 0) is 45.9 Å². The van der Waals surface area contributed by atoms with Crippen LogP contribution in [-0.4, -0.2) is 37.4 Å². The Morgan fingerprint density at radius 2 is 2.09 bits per heavy atom. The highest BCUT2D eigenvalue weighted by Crippen LogP contribution is 2.20. The lowest BCUT2D eigenvalue weighted by molar-refractivity contribution is 0.00336. The maximum absolute atomic E-state index is 9.92. The second-order valence-electron chi connectivity index (χ2n) is 3.33. The van der Waals surface area contributed by atoms with E-state index >= 15 is 0 Å². The molecule has 11 heavy (non-hydrogen) atoms. The van der Waals surface area contributed by atoms with Crippen LogP contribution in [0.2, 0.25) is 0 Å². The minimum absolute atomic E-state index is 0.395. The van der Waals surface area contributed by atoms with Crippen molar-refractivity contribution >= 4 is 0 Å². The van der Waals surface area contributed by atoms with Gasteiger partial charge in [0.1, 0.15) is 0 Å². The van der Waals surface area contributed by atoms with E-state index in [2.05, 4.69) is 10.6 Å². The molecule has 3 nitrogen and oxygen atoms in total. The van der Waals surface area contributed by atoms with E-state index in [0.717, 1.165) is 38.9 Å². The largest absolute Gasteiger partial charge is 0.390 e. The molecule has 0 unspecified atom stereocenters. The highest BCUT2D eigenvalue weighted by atomic mass is 16.3. The summed E-state index contributed by atoms with van der Waals surface area (Å²) in [4.78, 5) is 0. The molecule has 0 bridgehead atoms. The first-order chi connectivity index (χ1) is 5.27. The van der Waals surface area contributed by atoms with Gasteiger partial charge in [0, 0.05) is 0 Å². The SMILES string of the molecule is CNCCC1(O)CCNCC1. The van der Waals surface area contributed by atoms with E-state index in [0.29, 0.717) is 0 Å². The zero-order valence-electron chi connectivity index (χ0n) is 7.19. The number of hydrogen-bond acceptors (Lipinski definition) is 3. The zero-order valence-corrected chi connectivity index (χ0v) is 7.19. The molecule has 0 spiro atoms. The van der Waals surface area contributed by atoms with Crippen molar-refractivity contribution in [1.82, 2.24) is 10.6 Å². The summed E-state index contributed by atoms with van der Waals surface area (Å²) < 4.78 is 0. The molecule has 3 heteroatoms. The fraction of sp³-hybridized carbons (Fsp3) is 1.00. The van der Waals surface area contributed by atoms with Crippen molar-refractivity contribution in [1.29, 1.82) is 0 Å². The van der Waals surface area contributed by atoms with Crippen LogP contribution in [0.25, 0.3) is 0 Å². The molecule has 0 saturated carbocycles. The van der Waals surface area contributed by atoms with E-state index in [1.807, 2.05) is 7.05 Å². The quantitative estimate of drug-likeness (QED) is 0.529. The summed E-state index contributed by atoms with van der Waals surface area (Å²) in [6, 6.07) is 0. The highest BCUT2D eigenvalue weighted by molar-refractivity contribution is 4.84. The molecule has 0 aliphatic carbocycles. The Bertz CT molecular complexity index is 111. The molecule has 0 aromatic carbocycles. The van der Waals surface area contributed by atoms with Crippen molar-refractivity contribution < 1.29 is 5.11 Å². The number of rotatable bonds is 3. The predicted octanol–water partition coefficient (Wildman–Crippen LogP) is -0.290. The van der Waals surface area contributed by atoms with Crippen LogP contribution in [0.4, 0.5) is 0 Å². The molecular formula is C8H18N2O. The van der Waals surface area contributed by atoms with Gasteiger partial charge in [-0.2, -0.15) is 0 Å². The Kier molecular flexibility index (Phi) is 3.30. The van der Waals surface area contributed by atoms with Crippen LogP contribution in [0.3, 0.4) is 0 Å². The molecule has 0 aromatic heterocycles. The Balaban J connectivity index is 2.25. The highest BCUT2D eigenvalue weighted by Gasteiger charge is 2.27. The van der Waals surface area contributed by atoms with Gasteiger partial charge in [-0.15, -0.1) is 0 Å². The van der Waals surface area contributed by atoms with Gasteiger partial charge in [0.05, 0.1) is 5.60 Å². The summed E-state index contributed by atoms with van der Waals surface area (Å²) in [7, 11) is 1.92. The minimum atomic E-state index is -0.395. The summed E-state index contributed by atoms with van der Waals surface area (Å²) in [6.45, 7) is 2.83. The smallest absolute Gasteiger partial charge is 0.0684 e. The van der Waals surface area contributed by atoms with Crippen LogP contribution in [0, 0.1) is 0 Å². The number of hydrogen-bond donors (Lipinski definition) is 3. The summed E-state index contributed by atoms with van der Waals surface area (Å²) in [5, 5.41) is 16.2. The summed E-state index contributed by atoms with van der Waals surface area (Å²) in [5.41, 5.74) is -0.395. The number of piperidine rings is 1. The van der Waals surface area contributed by atoms with Gasteiger partial charge < -0.3 is 15.7 Å². The van der Waals surface area contributed by atoms with Gasteiger partial charge in [-0.3, -0.25) is 0 Å². The van der Waals surface area contributed by atoms with Crippen LogP contribution in [0.5, 0.6) is 0 Å². The maximum atomic E-state index is 9.92. The topological polar surface area (TPSA) is 44.3 Å². The molecule has 1 aliphatic heterocycles. The lowest BCUT2D eigenvalue weighted by Crippen LogP contribution is -2.43. The number of nitrogens with one attached hydrogen (secondary N) is 2. The van der Waals surface area contributed by atoms with Crippen molar-refractivity contribution in [2.45, 2.75) is 24.9 Å².